The predicted molar refractivity (Wildman–Crippen MR) is 95.4 cm³/mol. The first-order valence-electron chi connectivity index (χ1n) is 8.62. The summed E-state index contributed by atoms with van der Waals surface area (Å²) in [5.41, 5.74) is 0.347. The van der Waals surface area contributed by atoms with Gasteiger partial charge in [0.2, 0.25) is 0 Å². The highest BCUT2D eigenvalue weighted by Gasteiger charge is 2.09. The molecule has 0 spiro atoms. The lowest BCUT2D eigenvalue weighted by molar-refractivity contribution is -0.138. The van der Waals surface area contributed by atoms with Crippen molar-refractivity contribution in [2.24, 2.45) is 5.92 Å². The molecule has 0 heterocycles. The Morgan fingerprint density at radius 3 is 2.17 bits per heavy atom. The average molecular weight is 326 g/mol. The van der Waals surface area contributed by atoms with E-state index < -0.39 is 5.97 Å². The summed E-state index contributed by atoms with van der Waals surface area (Å²) in [5.74, 6) is -0.509. The number of aliphatic carboxylic acids is 1. The van der Waals surface area contributed by atoms with E-state index in [2.05, 4.69) is 31.7 Å². The van der Waals surface area contributed by atoms with Gasteiger partial charge >= 0.3 is 11.9 Å². The molecule has 0 saturated heterocycles. The summed E-state index contributed by atoms with van der Waals surface area (Å²) >= 11 is 0. The minimum atomic E-state index is -0.852. The molecular formula is C19H34O4. The molecule has 0 rings (SSSR count). The van der Waals surface area contributed by atoms with Gasteiger partial charge in [0, 0.05) is 11.6 Å². The number of hydrogen-bond donors (Lipinski definition) is 1. The summed E-state index contributed by atoms with van der Waals surface area (Å²) in [4.78, 5) is 20.9. The van der Waals surface area contributed by atoms with Crippen molar-refractivity contribution in [2.75, 3.05) is 6.61 Å². The van der Waals surface area contributed by atoms with Gasteiger partial charge in [0.25, 0.3) is 0 Å². The zero-order valence-electron chi connectivity index (χ0n) is 15.1. The zero-order chi connectivity index (χ0) is 18.1. The first kappa shape index (κ1) is 23.7. The van der Waals surface area contributed by atoms with Crippen molar-refractivity contribution in [2.45, 2.75) is 72.1 Å². The van der Waals surface area contributed by atoms with E-state index in [0.717, 1.165) is 25.7 Å². The molecule has 0 aliphatic carbocycles. The van der Waals surface area contributed by atoms with E-state index in [0.29, 0.717) is 24.5 Å². The van der Waals surface area contributed by atoms with Gasteiger partial charge in [0.15, 0.2) is 0 Å². The summed E-state index contributed by atoms with van der Waals surface area (Å²) in [6.07, 6.45) is 9.60. The molecule has 134 valence electrons. The molecule has 0 fully saturated rings. The first-order valence-corrected chi connectivity index (χ1v) is 8.62. The highest BCUT2D eigenvalue weighted by molar-refractivity contribution is 5.85. The maximum Gasteiger partial charge on any atom is 0.330 e. The number of carboxylic acid groups (broad SMARTS) is 1. The molecule has 1 atom stereocenters. The lowest BCUT2D eigenvalue weighted by Crippen LogP contribution is -2.04. The number of ether oxygens (including phenoxy) is 1. The maximum atomic E-state index is 10.5. The summed E-state index contributed by atoms with van der Waals surface area (Å²) in [6.45, 7) is 13.7. The van der Waals surface area contributed by atoms with Crippen LogP contribution < -0.4 is 0 Å². The van der Waals surface area contributed by atoms with Crippen LogP contribution in [-0.4, -0.2) is 23.7 Å². The van der Waals surface area contributed by atoms with Gasteiger partial charge in [-0.25, -0.2) is 9.59 Å². The van der Waals surface area contributed by atoms with Crippen molar-refractivity contribution in [3.63, 3.8) is 0 Å². The quantitative estimate of drug-likeness (QED) is 0.306. The Balaban J connectivity index is 0. The fourth-order valence-electron chi connectivity index (χ4n) is 1.91. The second kappa shape index (κ2) is 16.8. The number of carbonyl (C=O) groups is 2. The van der Waals surface area contributed by atoms with Crippen molar-refractivity contribution in [3.8, 4) is 0 Å². The smallest absolute Gasteiger partial charge is 0.330 e. The van der Waals surface area contributed by atoms with Gasteiger partial charge in [-0.3, -0.25) is 0 Å². The normalized spacial score (nSPS) is 10.9. The Hall–Kier alpha value is -1.58. The highest BCUT2D eigenvalue weighted by atomic mass is 16.5. The second-order valence-corrected chi connectivity index (χ2v) is 5.59. The molecule has 0 aromatic rings. The van der Waals surface area contributed by atoms with Crippen LogP contribution in [0, 0.1) is 5.92 Å². The lowest BCUT2D eigenvalue weighted by Gasteiger charge is -2.13. The number of esters is 1. The molecule has 0 radical (unpaired) electrons. The molecule has 0 amide bonds. The third kappa shape index (κ3) is 16.6. The maximum absolute atomic E-state index is 10.5. The summed E-state index contributed by atoms with van der Waals surface area (Å²) < 4.78 is 4.67. The molecule has 0 aliphatic heterocycles. The van der Waals surface area contributed by atoms with E-state index in [1.54, 1.807) is 0 Å². The monoisotopic (exact) mass is 326 g/mol. The van der Waals surface area contributed by atoms with E-state index in [-0.39, 0.29) is 5.97 Å². The Labute approximate surface area is 141 Å². The standard InChI is InChI=1S/C12H22O2.C7H12O2/c1-4-6-7-11(5-2)9-8-10(3)12(13)14;1-3-5-6-9-7(8)4-2/h11H,3-9H2,1-2H3,(H,13,14);4H,2-3,5-6H2,1H3. The number of carbonyl (C=O) groups excluding carboxylic acids is 1. The highest BCUT2D eigenvalue weighted by Crippen LogP contribution is 2.20. The van der Waals surface area contributed by atoms with E-state index in [1.165, 1.54) is 25.3 Å². The first-order chi connectivity index (χ1) is 10.9. The van der Waals surface area contributed by atoms with Gasteiger partial charge in [-0.05, 0) is 25.2 Å². The minimum Gasteiger partial charge on any atom is -0.478 e. The van der Waals surface area contributed by atoms with Gasteiger partial charge < -0.3 is 9.84 Å². The lowest BCUT2D eigenvalue weighted by atomic mass is 9.93. The number of rotatable bonds is 12. The second-order valence-electron chi connectivity index (χ2n) is 5.59. The van der Waals surface area contributed by atoms with Crippen LogP contribution in [-0.2, 0) is 14.3 Å². The molecule has 4 nitrogen and oxygen atoms in total. The number of unbranched alkanes of at least 4 members (excludes halogenated alkanes) is 2. The van der Waals surface area contributed by atoms with Crippen LogP contribution in [0.25, 0.3) is 0 Å². The summed E-state index contributed by atoms with van der Waals surface area (Å²) in [6, 6.07) is 0. The Morgan fingerprint density at radius 2 is 1.74 bits per heavy atom. The zero-order valence-corrected chi connectivity index (χ0v) is 15.1. The van der Waals surface area contributed by atoms with Crippen molar-refractivity contribution < 1.29 is 19.4 Å². The van der Waals surface area contributed by atoms with Crippen LogP contribution in [0.2, 0.25) is 0 Å². The van der Waals surface area contributed by atoms with Crippen LogP contribution >= 0.6 is 0 Å². The van der Waals surface area contributed by atoms with E-state index in [9.17, 15) is 9.59 Å². The minimum absolute atomic E-state index is 0.330. The van der Waals surface area contributed by atoms with Crippen LogP contribution in [0.3, 0.4) is 0 Å². The van der Waals surface area contributed by atoms with E-state index in [4.69, 9.17) is 5.11 Å². The van der Waals surface area contributed by atoms with Gasteiger partial charge in [-0.15, -0.1) is 0 Å². The van der Waals surface area contributed by atoms with Crippen LogP contribution in [0.15, 0.2) is 24.8 Å². The summed E-state index contributed by atoms with van der Waals surface area (Å²) in [5, 5.41) is 8.64. The average Bonchev–Trinajstić information content (AvgIpc) is 2.55. The Bertz CT molecular complexity index is 347. The van der Waals surface area contributed by atoms with E-state index >= 15 is 0 Å². The molecule has 0 aromatic heterocycles. The number of carboxylic acids is 1. The fraction of sp³-hybridized carbons (Fsp3) is 0.684. The third-order valence-corrected chi connectivity index (χ3v) is 3.61. The van der Waals surface area contributed by atoms with Crippen LogP contribution in [0.1, 0.15) is 72.1 Å². The van der Waals surface area contributed by atoms with Gasteiger partial charge in [0.05, 0.1) is 6.61 Å². The van der Waals surface area contributed by atoms with Gasteiger partial charge in [0.1, 0.15) is 0 Å². The molecule has 0 aromatic carbocycles. The molecule has 23 heavy (non-hydrogen) atoms. The molecule has 1 N–H and O–H groups in total. The van der Waals surface area contributed by atoms with Gasteiger partial charge in [-0.2, -0.15) is 0 Å². The molecule has 0 bridgehead atoms. The van der Waals surface area contributed by atoms with Gasteiger partial charge in [-0.1, -0.05) is 66.0 Å². The van der Waals surface area contributed by atoms with Crippen molar-refractivity contribution >= 4 is 11.9 Å². The molecular weight excluding hydrogens is 292 g/mol. The largest absolute Gasteiger partial charge is 0.478 e. The summed E-state index contributed by atoms with van der Waals surface area (Å²) in [7, 11) is 0. The van der Waals surface area contributed by atoms with Crippen molar-refractivity contribution in [1.29, 1.82) is 0 Å². The molecule has 0 saturated carbocycles. The number of hydrogen-bond acceptors (Lipinski definition) is 3. The Morgan fingerprint density at radius 1 is 1.13 bits per heavy atom. The Kier molecular flexibility index (Phi) is 17.3. The SMILES string of the molecule is C=C(CCC(CC)CCCC)C(=O)O.C=CC(=O)OCCCC. The molecule has 1 unspecified atom stereocenters. The predicted octanol–water partition coefficient (Wildman–Crippen LogP) is 5.14. The van der Waals surface area contributed by atoms with Crippen LogP contribution in [0.5, 0.6) is 0 Å². The van der Waals surface area contributed by atoms with E-state index in [1.807, 2.05) is 6.92 Å². The molecule has 4 heteroatoms. The topological polar surface area (TPSA) is 63.6 Å². The van der Waals surface area contributed by atoms with Crippen molar-refractivity contribution in [1.82, 2.24) is 0 Å². The van der Waals surface area contributed by atoms with Crippen molar-refractivity contribution in [3.05, 3.63) is 24.8 Å². The third-order valence-electron chi connectivity index (χ3n) is 3.61. The molecule has 0 aliphatic rings. The van der Waals surface area contributed by atoms with Crippen LogP contribution in [0.4, 0.5) is 0 Å². The fourth-order valence-corrected chi connectivity index (χ4v) is 1.91.